The first-order valence-corrected chi connectivity index (χ1v) is 5.01. The molecule has 0 spiro atoms. The van der Waals surface area contributed by atoms with Gasteiger partial charge in [0.25, 0.3) is 6.43 Å². The van der Waals surface area contributed by atoms with Gasteiger partial charge < -0.3 is 10.5 Å². The van der Waals surface area contributed by atoms with Crippen LogP contribution in [0.2, 0.25) is 0 Å². The number of rotatable bonds is 3. The fourth-order valence-electron chi connectivity index (χ4n) is 1.43. The Morgan fingerprint density at radius 1 is 1.47 bits per heavy atom. The molecule has 0 radical (unpaired) electrons. The Balaban J connectivity index is 3.55. The Kier molecular flexibility index (Phi) is 4.28. The van der Waals surface area contributed by atoms with E-state index in [0.29, 0.717) is 6.20 Å². The first-order valence-electron chi connectivity index (χ1n) is 5.01. The number of aromatic nitrogens is 1. The van der Waals surface area contributed by atoms with Crippen LogP contribution in [0, 0.1) is 0 Å². The SMILES string of the molecule is CCOC(=O)c1ncc(N)c(C(F)(F)F)c1C(F)F. The molecule has 0 aliphatic carbocycles. The van der Waals surface area contributed by atoms with Gasteiger partial charge in [-0.15, -0.1) is 0 Å². The van der Waals surface area contributed by atoms with E-state index in [9.17, 15) is 26.7 Å². The smallest absolute Gasteiger partial charge is 0.419 e. The lowest BCUT2D eigenvalue weighted by Crippen LogP contribution is -2.19. The van der Waals surface area contributed by atoms with E-state index in [1.165, 1.54) is 6.92 Å². The average Bonchev–Trinajstić information content (AvgIpc) is 2.26. The lowest BCUT2D eigenvalue weighted by molar-refractivity contribution is -0.138. The molecular formula is C10H9F5N2O2. The fourth-order valence-corrected chi connectivity index (χ4v) is 1.43. The number of nitrogens with zero attached hydrogens (tertiary/aromatic N) is 1. The predicted molar refractivity (Wildman–Crippen MR) is 54.6 cm³/mol. The van der Waals surface area contributed by atoms with Crippen LogP contribution in [0.25, 0.3) is 0 Å². The molecule has 2 N–H and O–H groups in total. The number of hydrogen-bond acceptors (Lipinski definition) is 4. The zero-order valence-electron chi connectivity index (χ0n) is 9.59. The van der Waals surface area contributed by atoms with Crippen LogP contribution in [0.1, 0.15) is 35.0 Å². The van der Waals surface area contributed by atoms with Crippen molar-refractivity contribution in [1.29, 1.82) is 0 Å². The van der Waals surface area contributed by atoms with Crippen LogP contribution in [-0.4, -0.2) is 17.6 Å². The Bertz CT molecular complexity index is 488. The third kappa shape index (κ3) is 3.09. The molecule has 0 aliphatic heterocycles. The van der Waals surface area contributed by atoms with Gasteiger partial charge in [-0.05, 0) is 6.92 Å². The second-order valence-electron chi connectivity index (χ2n) is 3.37. The Hall–Kier alpha value is -1.93. The highest BCUT2D eigenvalue weighted by Gasteiger charge is 2.41. The third-order valence-corrected chi connectivity index (χ3v) is 2.12. The second kappa shape index (κ2) is 5.37. The summed E-state index contributed by atoms with van der Waals surface area (Å²) in [5, 5.41) is 0. The highest BCUT2D eigenvalue weighted by Crippen LogP contribution is 2.40. The van der Waals surface area contributed by atoms with Gasteiger partial charge in [-0.25, -0.2) is 18.6 Å². The maximum absolute atomic E-state index is 12.8. The topological polar surface area (TPSA) is 65.2 Å². The van der Waals surface area contributed by atoms with Gasteiger partial charge in [-0.1, -0.05) is 0 Å². The molecule has 1 aromatic heterocycles. The number of pyridine rings is 1. The monoisotopic (exact) mass is 284 g/mol. The van der Waals surface area contributed by atoms with Gasteiger partial charge in [0.15, 0.2) is 5.69 Å². The summed E-state index contributed by atoms with van der Waals surface area (Å²) in [6.45, 7) is 1.19. The Labute approximate surface area is 104 Å². The molecule has 0 saturated heterocycles. The lowest BCUT2D eigenvalue weighted by atomic mass is 10.0. The van der Waals surface area contributed by atoms with Crippen LogP contribution in [0.5, 0.6) is 0 Å². The number of ether oxygens (including phenoxy) is 1. The van der Waals surface area contributed by atoms with E-state index in [1.54, 1.807) is 0 Å². The molecule has 9 heteroatoms. The maximum Gasteiger partial charge on any atom is 0.419 e. The Morgan fingerprint density at radius 3 is 2.47 bits per heavy atom. The average molecular weight is 284 g/mol. The largest absolute Gasteiger partial charge is 0.461 e. The van der Waals surface area contributed by atoms with Crippen LogP contribution in [0.4, 0.5) is 27.6 Å². The number of hydrogen-bond donors (Lipinski definition) is 1. The van der Waals surface area contributed by atoms with Crippen LogP contribution in [-0.2, 0) is 10.9 Å². The van der Waals surface area contributed by atoms with Crippen LogP contribution < -0.4 is 5.73 Å². The van der Waals surface area contributed by atoms with Crippen molar-refractivity contribution >= 4 is 11.7 Å². The van der Waals surface area contributed by atoms with E-state index >= 15 is 0 Å². The summed E-state index contributed by atoms with van der Waals surface area (Å²) in [6, 6.07) is 0. The van der Waals surface area contributed by atoms with E-state index in [2.05, 4.69) is 9.72 Å². The van der Waals surface area contributed by atoms with Crippen LogP contribution in [0.3, 0.4) is 0 Å². The molecular weight excluding hydrogens is 275 g/mol. The minimum absolute atomic E-state index is 0.186. The molecule has 0 saturated carbocycles. The van der Waals surface area contributed by atoms with Crippen molar-refractivity contribution in [2.45, 2.75) is 19.5 Å². The molecule has 0 amide bonds. The first kappa shape index (κ1) is 15.1. The lowest BCUT2D eigenvalue weighted by Gasteiger charge is -2.16. The zero-order chi connectivity index (χ0) is 14.8. The van der Waals surface area contributed by atoms with Crippen molar-refractivity contribution in [3.8, 4) is 0 Å². The van der Waals surface area contributed by atoms with E-state index < -0.39 is 41.1 Å². The van der Waals surface area contributed by atoms with Gasteiger partial charge in [-0.3, -0.25) is 0 Å². The number of carbonyl (C=O) groups is 1. The zero-order valence-corrected chi connectivity index (χ0v) is 9.59. The maximum atomic E-state index is 12.8. The predicted octanol–water partition coefficient (Wildman–Crippen LogP) is 2.80. The van der Waals surface area contributed by atoms with Gasteiger partial charge in [0.05, 0.1) is 29.6 Å². The van der Waals surface area contributed by atoms with E-state index in [-0.39, 0.29) is 6.61 Å². The summed E-state index contributed by atoms with van der Waals surface area (Å²) in [4.78, 5) is 14.5. The molecule has 1 aromatic rings. The number of alkyl halides is 5. The number of anilines is 1. The van der Waals surface area contributed by atoms with E-state index in [0.717, 1.165) is 0 Å². The van der Waals surface area contributed by atoms with E-state index in [1.807, 2.05) is 0 Å². The van der Waals surface area contributed by atoms with Crippen molar-refractivity contribution in [2.24, 2.45) is 0 Å². The molecule has 4 nitrogen and oxygen atoms in total. The molecule has 0 bridgehead atoms. The number of carbonyl (C=O) groups excluding carboxylic acids is 1. The van der Waals surface area contributed by atoms with Crippen molar-refractivity contribution in [3.05, 3.63) is 23.0 Å². The molecule has 0 aromatic carbocycles. The van der Waals surface area contributed by atoms with Crippen LogP contribution in [0.15, 0.2) is 6.20 Å². The van der Waals surface area contributed by atoms with Crippen molar-refractivity contribution in [3.63, 3.8) is 0 Å². The van der Waals surface area contributed by atoms with Gasteiger partial charge in [0.2, 0.25) is 0 Å². The molecule has 0 atom stereocenters. The van der Waals surface area contributed by atoms with Gasteiger partial charge in [0, 0.05) is 0 Å². The fraction of sp³-hybridized carbons (Fsp3) is 0.400. The van der Waals surface area contributed by atoms with Gasteiger partial charge >= 0.3 is 12.1 Å². The third-order valence-electron chi connectivity index (χ3n) is 2.12. The van der Waals surface area contributed by atoms with E-state index in [4.69, 9.17) is 5.73 Å². The summed E-state index contributed by atoms with van der Waals surface area (Å²) >= 11 is 0. The summed E-state index contributed by atoms with van der Waals surface area (Å²) < 4.78 is 68.1. The molecule has 1 heterocycles. The number of nitrogens with two attached hydrogens (primary N) is 1. The number of halogens is 5. The number of nitrogen functional groups attached to an aromatic ring is 1. The summed E-state index contributed by atoms with van der Waals surface area (Å²) in [7, 11) is 0. The molecule has 1 rings (SSSR count). The summed E-state index contributed by atoms with van der Waals surface area (Å²) in [6.07, 6.45) is -8.19. The van der Waals surface area contributed by atoms with Crippen molar-refractivity contribution < 1.29 is 31.5 Å². The van der Waals surface area contributed by atoms with Gasteiger partial charge in [0.1, 0.15) is 0 Å². The molecule has 0 aliphatic rings. The second-order valence-corrected chi connectivity index (χ2v) is 3.37. The normalized spacial score (nSPS) is 11.7. The molecule has 0 fully saturated rings. The Morgan fingerprint density at radius 2 is 2.05 bits per heavy atom. The minimum atomic E-state index is -5.12. The molecule has 106 valence electrons. The quantitative estimate of drug-likeness (QED) is 0.684. The molecule has 0 unspecified atom stereocenters. The highest BCUT2D eigenvalue weighted by molar-refractivity contribution is 5.90. The van der Waals surface area contributed by atoms with Gasteiger partial charge in [-0.2, -0.15) is 13.2 Å². The first-order chi connectivity index (χ1) is 8.70. The highest BCUT2D eigenvalue weighted by atomic mass is 19.4. The number of esters is 1. The summed E-state index contributed by atoms with van der Waals surface area (Å²) in [5.74, 6) is -1.36. The summed E-state index contributed by atoms with van der Waals surface area (Å²) in [5.41, 5.74) is -0.368. The van der Waals surface area contributed by atoms with Crippen molar-refractivity contribution in [1.82, 2.24) is 4.98 Å². The van der Waals surface area contributed by atoms with Crippen molar-refractivity contribution in [2.75, 3.05) is 12.3 Å². The standard InChI is InChI=1S/C10H9F5N2O2/c1-2-19-9(18)7-5(8(11)12)6(10(13,14)15)4(16)3-17-7/h3,8H,2,16H2,1H3. The van der Waals surface area contributed by atoms with Crippen LogP contribution >= 0.6 is 0 Å². The molecule has 19 heavy (non-hydrogen) atoms. The minimum Gasteiger partial charge on any atom is -0.461 e.